The van der Waals surface area contributed by atoms with E-state index in [-0.39, 0.29) is 23.9 Å². The van der Waals surface area contributed by atoms with Gasteiger partial charge in [-0.15, -0.1) is 0 Å². The molecule has 0 fully saturated rings. The number of aromatic nitrogens is 1. The second-order valence-electron chi connectivity index (χ2n) is 6.92. The molecule has 1 heterocycles. The van der Waals surface area contributed by atoms with Gasteiger partial charge < -0.3 is 10.1 Å². The van der Waals surface area contributed by atoms with Gasteiger partial charge in [-0.3, -0.25) is 9.78 Å². The highest BCUT2D eigenvalue weighted by atomic mass is 32.2. The lowest BCUT2D eigenvalue weighted by molar-refractivity contribution is 0.0950. The van der Waals surface area contributed by atoms with Gasteiger partial charge in [-0.1, -0.05) is 31.2 Å². The van der Waals surface area contributed by atoms with Crippen LogP contribution in [0.25, 0.3) is 0 Å². The molecule has 0 aliphatic rings. The molecule has 31 heavy (non-hydrogen) atoms. The second kappa shape index (κ2) is 10.2. The molecule has 0 aliphatic carbocycles. The van der Waals surface area contributed by atoms with Gasteiger partial charge in [0.1, 0.15) is 12.4 Å². The molecule has 1 aromatic heterocycles. The summed E-state index contributed by atoms with van der Waals surface area (Å²) >= 11 is 0. The Balaban J connectivity index is 1.65. The van der Waals surface area contributed by atoms with Crippen LogP contribution < -0.4 is 14.8 Å². The topological polar surface area (TPSA) is 97.4 Å². The Morgan fingerprint density at radius 3 is 2.65 bits per heavy atom. The molecular weight excluding hydrogens is 414 g/mol. The number of nitrogens with one attached hydrogen (secondary N) is 2. The van der Waals surface area contributed by atoms with Crippen molar-refractivity contribution in [3.05, 3.63) is 89.2 Å². The van der Waals surface area contributed by atoms with Crippen molar-refractivity contribution < 1.29 is 17.9 Å². The number of ether oxygens (including phenoxy) is 1. The maximum Gasteiger partial charge on any atom is 0.251 e. The summed E-state index contributed by atoms with van der Waals surface area (Å²) in [7, 11) is -3.64. The minimum Gasteiger partial charge on any atom is -0.487 e. The summed E-state index contributed by atoms with van der Waals surface area (Å²) in [4.78, 5) is 17.0. The molecule has 0 radical (unpaired) electrons. The van der Waals surface area contributed by atoms with E-state index in [1.54, 1.807) is 26.1 Å². The number of benzene rings is 2. The van der Waals surface area contributed by atoms with Gasteiger partial charge in [0.15, 0.2) is 0 Å². The van der Waals surface area contributed by atoms with Crippen LogP contribution in [0.1, 0.15) is 34.1 Å². The molecule has 0 saturated carbocycles. The van der Waals surface area contributed by atoms with Gasteiger partial charge in [0.2, 0.25) is 10.0 Å². The number of carbonyl (C=O) groups excluding carboxylic acids is 1. The first kappa shape index (κ1) is 22.5. The zero-order valence-electron chi connectivity index (χ0n) is 17.5. The highest BCUT2D eigenvalue weighted by Crippen LogP contribution is 2.17. The van der Waals surface area contributed by atoms with Crippen molar-refractivity contribution in [3.63, 3.8) is 0 Å². The van der Waals surface area contributed by atoms with Gasteiger partial charge in [0.25, 0.3) is 5.91 Å². The predicted octanol–water partition coefficient (Wildman–Crippen LogP) is 3.20. The maximum atomic E-state index is 12.7. The molecule has 0 aliphatic heterocycles. The van der Waals surface area contributed by atoms with Crippen LogP contribution in [0.3, 0.4) is 0 Å². The van der Waals surface area contributed by atoms with E-state index in [1.165, 1.54) is 12.1 Å². The van der Waals surface area contributed by atoms with Crippen LogP contribution >= 0.6 is 0 Å². The number of carbonyl (C=O) groups is 1. The van der Waals surface area contributed by atoms with E-state index in [1.807, 2.05) is 42.5 Å². The fourth-order valence-corrected chi connectivity index (χ4v) is 4.02. The average molecular weight is 440 g/mol. The van der Waals surface area contributed by atoms with E-state index in [0.717, 1.165) is 11.3 Å². The van der Waals surface area contributed by atoms with E-state index in [9.17, 15) is 13.2 Å². The van der Waals surface area contributed by atoms with Crippen LogP contribution in [-0.4, -0.2) is 25.9 Å². The van der Waals surface area contributed by atoms with E-state index < -0.39 is 10.0 Å². The van der Waals surface area contributed by atoms with E-state index in [4.69, 9.17) is 4.74 Å². The summed E-state index contributed by atoms with van der Waals surface area (Å²) < 4.78 is 32.7. The maximum absolute atomic E-state index is 12.7. The molecule has 0 unspecified atom stereocenters. The Kier molecular flexibility index (Phi) is 7.38. The van der Waals surface area contributed by atoms with Crippen molar-refractivity contribution in [3.8, 4) is 5.75 Å². The van der Waals surface area contributed by atoms with Gasteiger partial charge in [0.05, 0.1) is 10.6 Å². The summed E-state index contributed by atoms with van der Waals surface area (Å²) in [6, 6.07) is 17.6. The highest BCUT2D eigenvalue weighted by Gasteiger charge is 2.17. The smallest absolute Gasteiger partial charge is 0.251 e. The third-order valence-corrected chi connectivity index (χ3v) is 6.11. The average Bonchev–Trinajstić information content (AvgIpc) is 2.77. The molecule has 8 heteroatoms. The van der Waals surface area contributed by atoms with Gasteiger partial charge in [-0.2, -0.15) is 0 Å². The Labute approximate surface area is 182 Å². The molecule has 1 amide bonds. The first-order valence-electron chi connectivity index (χ1n) is 9.89. The van der Waals surface area contributed by atoms with Gasteiger partial charge in [0, 0.05) is 24.8 Å². The zero-order valence-corrected chi connectivity index (χ0v) is 18.3. The lowest BCUT2D eigenvalue weighted by Gasteiger charge is -2.12. The van der Waals surface area contributed by atoms with Crippen molar-refractivity contribution >= 4 is 15.9 Å². The zero-order chi connectivity index (χ0) is 22.3. The number of sulfonamides is 1. The summed E-state index contributed by atoms with van der Waals surface area (Å²) in [5.74, 6) is 0.332. The van der Waals surface area contributed by atoms with Crippen molar-refractivity contribution in [2.75, 3.05) is 6.54 Å². The molecule has 2 aromatic carbocycles. The summed E-state index contributed by atoms with van der Waals surface area (Å²) in [5.41, 5.74) is 2.70. The first-order chi connectivity index (χ1) is 14.9. The quantitative estimate of drug-likeness (QED) is 0.534. The van der Waals surface area contributed by atoms with Crippen LogP contribution in [-0.2, 0) is 23.2 Å². The standard InChI is InChI=1S/C23H25N3O4S/c1-3-26-31(28,29)21-11-10-17(2)22(14-21)23(27)25-15-18-7-6-9-20(13-18)30-16-19-8-4-5-12-24-19/h4-14,26H,3,15-16H2,1-2H3,(H,25,27). The molecule has 0 spiro atoms. The Morgan fingerprint density at radius 1 is 1.06 bits per heavy atom. The van der Waals surface area contributed by atoms with Crippen LogP contribution in [0.5, 0.6) is 5.75 Å². The monoisotopic (exact) mass is 439 g/mol. The molecule has 3 rings (SSSR count). The SMILES string of the molecule is CCNS(=O)(=O)c1ccc(C)c(C(=O)NCc2cccc(OCc3ccccn3)c2)c1. The fraction of sp³-hybridized carbons (Fsp3) is 0.217. The largest absolute Gasteiger partial charge is 0.487 e. The summed E-state index contributed by atoms with van der Waals surface area (Å²) in [6.45, 7) is 4.38. The number of hydrogen-bond acceptors (Lipinski definition) is 5. The van der Waals surface area contributed by atoms with Crippen LogP contribution in [0.4, 0.5) is 0 Å². The molecule has 2 N–H and O–H groups in total. The third-order valence-electron chi connectivity index (χ3n) is 4.56. The number of pyridine rings is 1. The second-order valence-corrected chi connectivity index (χ2v) is 8.68. The number of amides is 1. The number of rotatable bonds is 9. The van der Waals surface area contributed by atoms with Crippen molar-refractivity contribution in [2.24, 2.45) is 0 Å². The molecular formula is C23H25N3O4S. The van der Waals surface area contributed by atoms with Gasteiger partial charge in [-0.25, -0.2) is 13.1 Å². The Morgan fingerprint density at radius 2 is 1.90 bits per heavy atom. The van der Waals surface area contributed by atoms with Gasteiger partial charge in [-0.05, 0) is 54.4 Å². The normalized spacial score (nSPS) is 11.2. The Hall–Kier alpha value is -3.23. The molecule has 162 valence electrons. The molecule has 0 saturated heterocycles. The highest BCUT2D eigenvalue weighted by molar-refractivity contribution is 7.89. The molecule has 3 aromatic rings. The van der Waals surface area contributed by atoms with Gasteiger partial charge >= 0.3 is 0 Å². The number of nitrogens with zero attached hydrogens (tertiary/aromatic N) is 1. The molecule has 7 nitrogen and oxygen atoms in total. The van der Waals surface area contributed by atoms with Crippen molar-refractivity contribution in [1.29, 1.82) is 0 Å². The van der Waals surface area contributed by atoms with Crippen LogP contribution in [0.2, 0.25) is 0 Å². The molecule has 0 bridgehead atoms. The lowest BCUT2D eigenvalue weighted by atomic mass is 10.1. The van der Waals surface area contributed by atoms with Crippen molar-refractivity contribution in [2.45, 2.75) is 31.9 Å². The molecule has 0 atom stereocenters. The third kappa shape index (κ3) is 6.13. The summed E-state index contributed by atoms with van der Waals surface area (Å²) in [6.07, 6.45) is 1.71. The van der Waals surface area contributed by atoms with Crippen molar-refractivity contribution in [1.82, 2.24) is 15.0 Å². The fourth-order valence-electron chi connectivity index (χ4n) is 2.95. The summed E-state index contributed by atoms with van der Waals surface area (Å²) in [5, 5.41) is 2.85. The van der Waals surface area contributed by atoms with E-state index in [2.05, 4.69) is 15.0 Å². The minimum atomic E-state index is -3.64. The van der Waals surface area contributed by atoms with Crippen LogP contribution in [0.15, 0.2) is 71.8 Å². The number of aryl methyl sites for hydroxylation is 1. The number of hydrogen-bond donors (Lipinski definition) is 2. The lowest BCUT2D eigenvalue weighted by Crippen LogP contribution is -2.26. The Bertz CT molecular complexity index is 1150. The van der Waals surface area contributed by atoms with E-state index >= 15 is 0 Å². The minimum absolute atomic E-state index is 0.0648. The van der Waals surface area contributed by atoms with Crippen LogP contribution in [0, 0.1) is 6.92 Å². The van der Waals surface area contributed by atoms with E-state index in [0.29, 0.717) is 23.5 Å². The predicted molar refractivity (Wildman–Crippen MR) is 118 cm³/mol. The first-order valence-corrected chi connectivity index (χ1v) is 11.4.